The predicted molar refractivity (Wildman–Crippen MR) is 84.3 cm³/mol. The van der Waals surface area contributed by atoms with Gasteiger partial charge >= 0.3 is 0 Å². The Morgan fingerprint density at radius 3 is 2.33 bits per heavy atom. The fourth-order valence-electron chi connectivity index (χ4n) is 2.09. The van der Waals surface area contributed by atoms with Gasteiger partial charge in [-0.2, -0.15) is 0 Å². The molecule has 110 valence electrons. The number of para-hydroxylation sites is 1. The molecule has 0 fully saturated rings. The molecule has 3 heteroatoms. The van der Waals surface area contributed by atoms with E-state index in [2.05, 4.69) is 5.32 Å². The van der Waals surface area contributed by atoms with Crippen LogP contribution < -0.4 is 10.1 Å². The van der Waals surface area contributed by atoms with Gasteiger partial charge in [-0.3, -0.25) is 4.79 Å². The quantitative estimate of drug-likeness (QED) is 0.793. The fourth-order valence-corrected chi connectivity index (χ4v) is 2.09. The summed E-state index contributed by atoms with van der Waals surface area (Å²) in [5.41, 5.74) is 1.18. The van der Waals surface area contributed by atoms with E-state index in [1.165, 1.54) is 5.56 Å². The first-order valence-electron chi connectivity index (χ1n) is 7.25. The number of amides is 1. The number of rotatable bonds is 7. The van der Waals surface area contributed by atoms with E-state index in [1.807, 2.05) is 67.6 Å². The van der Waals surface area contributed by atoms with Crippen LogP contribution in [0, 0.1) is 5.92 Å². The van der Waals surface area contributed by atoms with Gasteiger partial charge in [-0.1, -0.05) is 55.5 Å². The van der Waals surface area contributed by atoms with E-state index < -0.39 is 0 Å². The number of carbonyl (C=O) groups excluding carboxylic acids is 1. The Hall–Kier alpha value is -2.29. The molecular weight excluding hydrogens is 262 g/mol. The Bertz CT molecular complexity index is 540. The highest BCUT2D eigenvalue weighted by Gasteiger charge is 2.12. The average Bonchev–Trinajstić information content (AvgIpc) is 2.53. The third kappa shape index (κ3) is 5.30. The number of hydrogen-bond acceptors (Lipinski definition) is 2. The zero-order chi connectivity index (χ0) is 14.9. The van der Waals surface area contributed by atoms with Crippen molar-refractivity contribution in [3.8, 4) is 5.75 Å². The summed E-state index contributed by atoms with van der Waals surface area (Å²) in [4.78, 5) is 12.0. The van der Waals surface area contributed by atoms with E-state index in [0.717, 1.165) is 12.2 Å². The summed E-state index contributed by atoms with van der Waals surface area (Å²) in [5, 5.41) is 2.91. The van der Waals surface area contributed by atoms with Gasteiger partial charge in [0.25, 0.3) is 0 Å². The summed E-state index contributed by atoms with van der Waals surface area (Å²) in [6.45, 7) is 2.95. The summed E-state index contributed by atoms with van der Waals surface area (Å²) in [5.74, 6) is 0.851. The molecular formula is C18H21NO2. The normalized spacial score (nSPS) is 11.7. The van der Waals surface area contributed by atoms with Gasteiger partial charge < -0.3 is 10.1 Å². The van der Waals surface area contributed by atoms with E-state index in [4.69, 9.17) is 4.74 Å². The Labute approximate surface area is 126 Å². The zero-order valence-corrected chi connectivity index (χ0v) is 12.3. The smallest absolute Gasteiger partial charge is 0.223 e. The van der Waals surface area contributed by atoms with Crippen molar-refractivity contribution in [3.63, 3.8) is 0 Å². The molecule has 1 atom stereocenters. The van der Waals surface area contributed by atoms with Crippen LogP contribution in [0.1, 0.15) is 12.5 Å². The molecule has 0 aliphatic rings. The van der Waals surface area contributed by atoms with Crippen LogP contribution in [0.5, 0.6) is 5.75 Å². The molecule has 21 heavy (non-hydrogen) atoms. The Morgan fingerprint density at radius 1 is 1.05 bits per heavy atom. The minimum atomic E-state index is -0.0378. The van der Waals surface area contributed by atoms with Crippen LogP contribution in [-0.2, 0) is 11.2 Å². The molecule has 0 aliphatic carbocycles. The lowest BCUT2D eigenvalue weighted by Gasteiger charge is -2.12. The van der Waals surface area contributed by atoms with Crippen molar-refractivity contribution in [2.24, 2.45) is 5.92 Å². The number of nitrogens with one attached hydrogen (secondary N) is 1. The number of hydrogen-bond donors (Lipinski definition) is 1. The Balaban J connectivity index is 1.67. The second kappa shape index (κ2) is 8.10. The first kappa shape index (κ1) is 15.1. The SMILES string of the molecule is C[C@@H](Cc1ccccc1)C(=O)NCCOc1ccccc1. The van der Waals surface area contributed by atoms with Crippen molar-refractivity contribution < 1.29 is 9.53 Å². The van der Waals surface area contributed by atoms with Gasteiger partial charge in [-0.15, -0.1) is 0 Å². The summed E-state index contributed by atoms with van der Waals surface area (Å²) < 4.78 is 5.54. The maximum Gasteiger partial charge on any atom is 0.223 e. The summed E-state index contributed by atoms with van der Waals surface area (Å²) in [6.07, 6.45) is 0.756. The number of carbonyl (C=O) groups is 1. The van der Waals surface area contributed by atoms with Crippen LogP contribution in [0.2, 0.25) is 0 Å². The van der Waals surface area contributed by atoms with Gasteiger partial charge in [-0.05, 0) is 24.1 Å². The minimum absolute atomic E-state index is 0.0378. The van der Waals surface area contributed by atoms with Crippen molar-refractivity contribution in [1.29, 1.82) is 0 Å². The minimum Gasteiger partial charge on any atom is -0.492 e. The van der Waals surface area contributed by atoms with Crippen LogP contribution in [0.15, 0.2) is 60.7 Å². The molecule has 1 amide bonds. The highest BCUT2D eigenvalue weighted by molar-refractivity contribution is 5.78. The summed E-state index contributed by atoms with van der Waals surface area (Å²) in [7, 11) is 0. The van der Waals surface area contributed by atoms with Crippen LogP contribution in [0.3, 0.4) is 0 Å². The molecule has 2 aromatic rings. The molecule has 0 saturated heterocycles. The first-order chi connectivity index (χ1) is 10.3. The average molecular weight is 283 g/mol. The molecule has 1 N–H and O–H groups in total. The van der Waals surface area contributed by atoms with Gasteiger partial charge in [-0.25, -0.2) is 0 Å². The maximum atomic E-state index is 12.0. The van der Waals surface area contributed by atoms with Crippen molar-refractivity contribution >= 4 is 5.91 Å². The number of benzene rings is 2. The molecule has 0 bridgehead atoms. The predicted octanol–water partition coefficient (Wildman–Crippen LogP) is 3.06. The van der Waals surface area contributed by atoms with Crippen molar-refractivity contribution in [2.45, 2.75) is 13.3 Å². The van der Waals surface area contributed by atoms with Crippen LogP contribution >= 0.6 is 0 Å². The molecule has 0 aliphatic heterocycles. The standard InChI is InChI=1S/C18H21NO2/c1-15(14-16-8-4-2-5-9-16)18(20)19-12-13-21-17-10-6-3-7-11-17/h2-11,15H,12-14H2,1H3,(H,19,20)/t15-/m0/s1. The monoisotopic (exact) mass is 283 g/mol. The van der Waals surface area contributed by atoms with Gasteiger partial charge in [0.2, 0.25) is 5.91 Å². The molecule has 0 aromatic heterocycles. The maximum absolute atomic E-state index is 12.0. The van der Waals surface area contributed by atoms with Gasteiger partial charge in [0, 0.05) is 5.92 Å². The van der Waals surface area contributed by atoms with Gasteiger partial charge in [0.15, 0.2) is 0 Å². The van der Waals surface area contributed by atoms with Gasteiger partial charge in [0.1, 0.15) is 12.4 Å². The van der Waals surface area contributed by atoms with Crippen LogP contribution in [-0.4, -0.2) is 19.1 Å². The van der Waals surface area contributed by atoms with Crippen LogP contribution in [0.4, 0.5) is 0 Å². The molecule has 0 radical (unpaired) electrons. The Kier molecular flexibility index (Phi) is 5.83. The lowest BCUT2D eigenvalue weighted by molar-refractivity contribution is -0.124. The first-order valence-corrected chi connectivity index (χ1v) is 7.25. The lowest BCUT2D eigenvalue weighted by Crippen LogP contribution is -2.33. The summed E-state index contributed by atoms with van der Waals surface area (Å²) in [6, 6.07) is 19.7. The van der Waals surface area contributed by atoms with E-state index in [0.29, 0.717) is 13.2 Å². The van der Waals surface area contributed by atoms with Gasteiger partial charge in [0.05, 0.1) is 6.54 Å². The largest absolute Gasteiger partial charge is 0.492 e. The van der Waals surface area contributed by atoms with Crippen molar-refractivity contribution in [1.82, 2.24) is 5.32 Å². The second-order valence-electron chi connectivity index (χ2n) is 5.04. The molecule has 0 saturated carbocycles. The van der Waals surface area contributed by atoms with E-state index >= 15 is 0 Å². The number of ether oxygens (including phenoxy) is 1. The zero-order valence-electron chi connectivity index (χ0n) is 12.3. The van der Waals surface area contributed by atoms with Crippen molar-refractivity contribution in [3.05, 3.63) is 66.2 Å². The molecule has 0 unspecified atom stereocenters. The molecule has 3 nitrogen and oxygen atoms in total. The Morgan fingerprint density at radius 2 is 1.67 bits per heavy atom. The van der Waals surface area contributed by atoms with Crippen molar-refractivity contribution in [2.75, 3.05) is 13.2 Å². The highest BCUT2D eigenvalue weighted by Crippen LogP contribution is 2.09. The van der Waals surface area contributed by atoms with Crippen LogP contribution in [0.25, 0.3) is 0 Å². The topological polar surface area (TPSA) is 38.3 Å². The summed E-state index contributed by atoms with van der Waals surface area (Å²) >= 11 is 0. The molecule has 2 rings (SSSR count). The van der Waals surface area contributed by atoms with E-state index in [1.54, 1.807) is 0 Å². The van der Waals surface area contributed by atoms with E-state index in [-0.39, 0.29) is 11.8 Å². The van der Waals surface area contributed by atoms with E-state index in [9.17, 15) is 4.79 Å². The third-order valence-corrected chi connectivity index (χ3v) is 3.25. The molecule has 2 aromatic carbocycles. The third-order valence-electron chi connectivity index (χ3n) is 3.25. The fraction of sp³-hybridized carbons (Fsp3) is 0.278. The highest BCUT2D eigenvalue weighted by atomic mass is 16.5. The lowest BCUT2D eigenvalue weighted by atomic mass is 10.0. The molecule has 0 heterocycles. The second-order valence-corrected chi connectivity index (χ2v) is 5.04. The molecule has 0 spiro atoms.